The highest BCUT2D eigenvalue weighted by Gasteiger charge is 2.10. The monoisotopic (exact) mass is 430 g/mol. The number of nitrogens with zero attached hydrogens (tertiary/aromatic N) is 1. The van der Waals surface area contributed by atoms with Crippen LogP contribution in [0.25, 0.3) is 22.2 Å². The number of aromatic amines is 1. The van der Waals surface area contributed by atoms with E-state index in [4.69, 9.17) is 11.6 Å². The molecule has 3 aromatic rings. The third-order valence-corrected chi connectivity index (χ3v) is 5.49. The normalized spacial score (nSPS) is 13.7. The summed E-state index contributed by atoms with van der Waals surface area (Å²) < 4.78 is 0. The van der Waals surface area contributed by atoms with Gasteiger partial charge < -0.3 is 10.1 Å². The molecule has 1 atom stereocenters. The predicted molar refractivity (Wildman–Crippen MR) is 134 cm³/mol. The van der Waals surface area contributed by atoms with E-state index in [0.717, 1.165) is 49.5 Å². The van der Waals surface area contributed by atoms with Gasteiger partial charge in [-0.05, 0) is 67.8 Å². The fourth-order valence-corrected chi connectivity index (χ4v) is 3.59. The third kappa shape index (κ3) is 5.32. The number of halogens is 1. The SMILES string of the molecule is C=C/C=C/C(=C(/C)C(=C)C)C(O)/N=C/c1ccc2[nH]c(-c3ccc(Cl)cc3C)cc2c1. The van der Waals surface area contributed by atoms with E-state index in [0.29, 0.717) is 5.57 Å². The van der Waals surface area contributed by atoms with Crippen LogP contribution in [0.2, 0.25) is 5.02 Å². The molecule has 0 fully saturated rings. The Morgan fingerprint density at radius 2 is 1.94 bits per heavy atom. The summed E-state index contributed by atoms with van der Waals surface area (Å²) in [6, 6.07) is 14.0. The van der Waals surface area contributed by atoms with E-state index in [1.807, 2.05) is 63.2 Å². The highest BCUT2D eigenvalue weighted by molar-refractivity contribution is 6.30. The molecule has 1 aromatic heterocycles. The Kier molecular flexibility index (Phi) is 7.11. The lowest BCUT2D eigenvalue weighted by Gasteiger charge is -2.12. The molecule has 0 aliphatic carbocycles. The molecule has 2 N–H and O–H groups in total. The number of aryl methyl sites for hydroxylation is 1. The van der Waals surface area contributed by atoms with Gasteiger partial charge in [-0.1, -0.05) is 60.7 Å². The second-order valence-corrected chi connectivity index (χ2v) is 8.03. The summed E-state index contributed by atoms with van der Waals surface area (Å²) in [4.78, 5) is 7.83. The zero-order valence-electron chi connectivity index (χ0n) is 18.1. The molecule has 4 heteroatoms. The second kappa shape index (κ2) is 9.78. The number of fused-ring (bicyclic) bond motifs is 1. The highest BCUT2D eigenvalue weighted by Crippen LogP contribution is 2.29. The lowest BCUT2D eigenvalue weighted by atomic mass is 10.0. The molecular weight excluding hydrogens is 404 g/mol. The molecule has 0 aliphatic heterocycles. The zero-order chi connectivity index (χ0) is 22.5. The molecule has 3 nitrogen and oxygen atoms in total. The minimum Gasteiger partial charge on any atom is -0.368 e. The zero-order valence-corrected chi connectivity index (χ0v) is 18.9. The van der Waals surface area contributed by atoms with Gasteiger partial charge in [-0.2, -0.15) is 0 Å². The topological polar surface area (TPSA) is 48.4 Å². The van der Waals surface area contributed by atoms with Crippen LogP contribution in [0.15, 0.2) is 95.6 Å². The summed E-state index contributed by atoms with van der Waals surface area (Å²) in [6.45, 7) is 13.5. The minimum atomic E-state index is -0.984. The summed E-state index contributed by atoms with van der Waals surface area (Å²) >= 11 is 6.09. The molecule has 0 aliphatic rings. The number of aliphatic imine (C=N–C) groups is 1. The number of hydrogen-bond donors (Lipinski definition) is 2. The van der Waals surface area contributed by atoms with Crippen molar-refractivity contribution in [1.29, 1.82) is 0 Å². The van der Waals surface area contributed by atoms with Crippen LogP contribution >= 0.6 is 11.6 Å². The number of H-pyrrole nitrogens is 1. The van der Waals surface area contributed by atoms with Crippen molar-refractivity contribution < 1.29 is 5.11 Å². The fourth-order valence-electron chi connectivity index (χ4n) is 3.37. The van der Waals surface area contributed by atoms with Gasteiger partial charge in [0.1, 0.15) is 0 Å². The van der Waals surface area contributed by atoms with Gasteiger partial charge in [0.2, 0.25) is 0 Å². The summed E-state index contributed by atoms with van der Waals surface area (Å²) in [6.07, 6.45) is 5.98. The Morgan fingerprint density at radius 3 is 2.61 bits per heavy atom. The van der Waals surface area contributed by atoms with Crippen molar-refractivity contribution in [2.75, 3.05) is 0 Å². The van der Waals surface area contributed by atoms with Crippen molar-refractivity contribution in [1.82, 2.24) is 4.98 Å². The Bertz CT molecular complexity index is 1230. The molecule has 1 unspecified atom stereocenters. The molecular formula is C27H27ClN2O. The molecule has 0 bridgehead atoms. The van der Waals surface area contributed by atoms with Crippen LogP contribution in [-0.2, 0) is 0 Å². The Morgan fingerprint density at radius 1 is 1.16 bits per heavy atom. The van der Waals surface area contributed by atoms with E-state index in [9.17, 15) is 5.11 Å². The Labute approximate surface area is 188 Å². The van der Waals surface area contributed by atoms with Crippen LogP contribution in [0.5, 0.6) is 0 Å². The van der Waals surface area contributed by atoms with Gasteiger partial charge in [0.15, 0.2) is 6.23 Å². The first-order valence-corrected chi connectivity index (χ1v) is 10.4. The van der Waals surface area contributed by atoms with Gasteiger partial charge in [-0.15, -0.1) is 0 Å². The van der Waals surface area contributed by atoms with Crippen molar-refractivity contribution >= 4 is 28.7 Å². The van der Waals surface area contributed by atoms with Gasteiger partial charge in [-0.25, -0.2) is 0 Å². The second-order valence-electron chi connectivity index (χ2n) is 7.60. The van der Waals surface area contributed by atoms with Crippen molar-refractivity contribution in [3.05, 3.63) is 107 Å². The van der Waals surface area contributed by atoms with Crippen molar-refractivity contribution in [3.63, 3.8) is 0 Å². The Hall–Kier alpha value is -3.14. The van der Waals surface area contributed by atoms with Crippen LogP contribution in [0.4, 0.5) is 0 Å². The van der Waals surface area contributed by atoms with E-state index >= 15 is 0 Å². The fraction of sp³-hybridized carbons (Fsp3) is 0.148. The van der Waals surface area contributed by atoms with E-state index in [1.54, 1.807) is 18.4 Å². The number of hydrogen-bond acceptors (Lipinski definition) is 2. The van der Waals surface area contributed by atoms with Gasteiger partial charge in [0, 0.05) is 39.0 Å². The molecule has 2 aromatic carbocycles. The number of benzene rings is 2. The number of nitrogens with one attached hydrogen (secondary N) is 1. The van der Waals surface area contributed by atoms with E-state index in [-0.39, 0.29) is 0 Å². The van der Waals surface area contributed by atoms with E-state index < -0.39 is 6.23 Å². The smallest absolute Gasteiger partial charge is 0.171 e. The molecule has 31 heavy (non-hydrogen) atoms. The average Bonchev–Trinajstić information content (AvgIpc) is 3.15. The van der Waals surface area contributed by atoms with Gasteiger partial charge in [-0.3, -0.25) is 4.99 Å². The minimum absolute atomic E-state index is 0.701. The first-order chi connectivity index (χ1) is 14.8. The van der Waals surface area contributed by atoms with Crippen LogP contribution in [0.1, 0.15) is 25.0 Å². The van der Waals surface area contributed by atoms with E-state index in [2.05, 4.69) is 29.2 Å². The maximum Gasteiger partial charge on any atom is 0.171 e. The standard InChI is InChI=1S/C27H27ClN2O/c1-6-7-8-24(19(5)17(2)3)27(31)29-16-20-9-12-25-21(14-20)15-26(30-25)23-11-10-22(28)13-18(23)4/h6-16,27,30-31H,1-2H2,3-5H3/b8-7+,24-19+,29-16+. The summed E-state index contributed by atoms with van der Waals surface area (Å²) in [5.74, 6) is 0. The van der Waals surface area contributed by atoms with E-state index in [1.165, 1.54) is 0 Å². The number of rotatable bonds is 7. The number of aromatic nitrogens is 1. The molecule has 0 saturated carbocycles. The number of allylic oxidation sites excluding steroid dienone is 4. The lowest BCUT2D eigenvalue weighted by molar-refractivity contribution is 0.225. The first kappa shape index (κ1) is 22.5. The molecule has 0 radical (unpaired) electrons. The van der Waals surface area contributed by atoms with Crippen LogP contribution in [0.3, 0.4) is 0 Å². The van der Waals surface area contributed by atoms with Crippen LogP contribution < -0.4 is 0 Å². The van der Waals surface area contributed by atoms with Gasteiger partial charge in [0.05, 0.1) is 0 Å². The molecule has 0 saturated heterocycles. The van der Waals surface area contributed by atoms with Crippen LogP contribution in [0, 0.1) is 6.92 Å². The quantitative estimate of drug-likeness (QED) is 0.303. The van der Waals surface area contributed by atoms with Crippen molar-refractivity contribution in [3.8, 4) is 11.3 Å². The molecule has 3 rings (SSSR count). The molecule has 1 heterocycles. The Balaban J connectivity index is 1.90. The summed E-state index contributed by atoms with van der Waals surface area (Å²) in [5, 5.41) is 12.4. The van der Waals surface area contributed by atoms with Gasteiger partial charge in [0.25, 0.3) is 0 Å². The number of aliphatic hydroxyl groups excluding tert-OH is 1. The predicted octanol–water partition coefficient (Wildman–Crippen LogP) is 7.17. The maximum atomic E-state index is 10.6. The third-order valence-electron chi connectivity index (χ3n) is 5.25. The largest absolute Gasteiger partial charge is 0.368 e. The highest BCUT2D eigenvalue weighted by atomic mass is 35.5. The average molecular weight is 431 g/mol. The molecule has 158 valence electrons. The molecule has 0 amide bonds. The van der Waals surface area contributed by atoms with Crippen LogP contribution in [-0.4, -0.2) is 22.5 Å². The number of aliphatic hydroxyl groups is 1. The molecule has 0 spiro atoms. The summed E-state index contributed by atoms with van der Waals surface area (Å²) in [7, 11) is 0. The lowest BCUT2D eigenvalue weighted by Crippen LogP contribution is -2.08. The van der Waals surface area contributed by atoms with Crippen molar-refractivity contribution in [2.45, 2.75) is 27.0 Å². The van der Waals surface area contributed by atoms with Crippen molar-refractivity contribution in [2.24, 2.45) is 4.99 Å². The van der Waals surface area contributed by atoms with Gasteiger partial charge >= 0.3 is 0 Å². The first-order valence-electron chi connectivity index (χ1n) is 10.1. The summed E-state index contributed by atoms with van der Waals surface area (Å²) in [5.41, 5.74) is 7.71. The maximum absolute atomic E-state index is 10.6.